The number of ether oxygens (including phenoxy) is 2. The molecule has 1 aliphatic carbocycles. The lowest BCUT2D eigenvalue weighted by Crippen LogP contribution is -2.46. The van der Waals surface area contributed by atoms with Gasteiger partial charge in [0.1, 0.15) is 0 Å². The second-order valence-corrected chi connectivity index (χ2v) is 5.64. The van der Waals surface area contributed by atoms with E-state index in [0.29, 0.717) is 0 Å². The number of hydrogen-bond acceptors (Lipinski definition) is 4. The summed E-state index contributed by atoms with van der Waals surface area (Å²) < 4.78 is 10.9. The van der Waals surface area contributed by atoms with E-state index in [9.17, 15) is 0 Å². The van der Waals surface area contributed by atoms with Crippen molar-refractivity contribution >= 4 is 11.6 Å². The Morgan fingerprint density at radius 2 is 1.90 bits per heavy atom. The van der Waals surface area contributed by atoms with Gasteiger partial charge in [0.25, 0.3) is 0 Å². The van der Waals surface area contributed by atoms with E-state index in [1.54, 1.807) is 14.2 Å². The first kappa shape index (κ1) is 15.8. The molecule has 0 aromatic heterocycles. The van der Waals surface area contributed by atoms with Crippen LogP contribution in [0.25, 0.3) is 0 Å². The zero-order valence-corrected chi connectivity index (χ0v) is 13.2. The van der Waals surface area contributed by atoms with E-state index in [1.807, 2.05) is 6.08 Å². The smallest absolute Gasteiger partial charge is 0.191 e. The largest absolute Gasteiger partial charge is 0.369 e. The van der Waals surface area contributed by atoms with Crippen molar-refractivity contribution in [1.82, 2.24) is 9.80 Å². The Labute approximate surface area is 127 Å². The van der Waals surface area contributed by atoms with Gasteiger partial charge < -0.3 is 14.4 Å². The maximum Gasteiger partial charge on any atom is 0.191 e. The molecule has 5 heteroatoms. The molecule has 114 valence electrons. The molecule has 2 aliphatic rings. The summed E-state index contributed by atoms with van der Waals surface area (Å²) >= 11 is 5.75. The van der Waals surface area contributed by atoms with Crippen molar-refractivity contribution < 1.29 is 9.47 Å². The molecule has 1 saturated heterocycles. The van der Waals surface area contributed by atoms with Crippen molar-refractivity contribution in [2.75, 3.05) is 52.8 Å². The van der Waals surface area contributed by atoms with Crippen LogP contribution in [0.3, 0.4) is 0 Å². The number of hydrogen-bond donors (Lipinski definition) is 0. The predicted octanol–water partition coefficient (Wildman–Crippen LogP) is 2.07. The first-order valence-electron chi connectivity index (χ1n) is 7.26. The number of nitrogens with zero attached hydrogens (tertiary/aromatic N) is 2. The Bertz CT molecular complexity index is 359. The Kier molecular flexibility index (Phi) is 5.90. The topological polar surface area (TPSA) is 24.9 Å². The summed E-state index contributed by atoms with van der Waals surface area (Å²) in [5.41, 5.74) is 1.28. The fourth-order valence-electron chi connectivity index (χ4n) is 2.73. The van der Waals surface area contributed by atoms with Gasteiger partial charge in [0, 0.05) is 58.4 Å². The molecule has 0 atom stereocenters. The van der Waals surface area contributed by atoms with E-state index < -0.39 is 5.79 Å². The average Bonchev–Trinajstić information content (AvgIpc) is 2.53. The van der Waals surface area contributed by atoms with Gasteiger partial charge in [0.15, 0.2) is 5.79 Å². The number of methoxy groups -OCH3 is 2. The maximum atomic E-state index is 5.75. The van der Waals surface area contributed by atoms with Crippen LogP contribution in [-0.4, -0.2) is 68.4 Å². The highest BCUT2D eigenvalue weighted by Gasteiger charge is 2.29. The highest BCUT2D eigenvalue weighted by Crippen LogP contribution is 2.26. The average molecular weight is 301 g/mol. The van der Waals surface area contributed by atoms with Gasteiger partial charge in [-0.05, 0) is 25.1 Å². The summed E-state index contributed by atoms with van der Waals surface area (Å²) in [6, 6.07) is 0. The monoisotopic (exact) mass is 300 g/mol. The van der Waals surface area contributed by atoms with Crippen LogP contribution < -0.4 is 0 Å². The predicted molar refractivity (Wildman–Crippen MR) is 81.9 cm³/mol. The minimum Gasteiger partial charge on any atom is -0.369 e. The molecule has 20 heavy (non-hydrogen) atoms. The molecule has 0 saturated carbocycles. The van der Waals surface area contributed by atoms with Crippen molar-refractivity contribution in [2.24, 2.45) is 0 Å². The van der Waals surface area contributed by atoms with Gasteiger partial charge >= 0.3 is 0 Å². The fraction of sp³-hybridized carbons (Fsp3) is 0.733. The third-order valence-electron chi connectivity index (χ3n) is 4.14. The summed E-state index contributed by atoms with van der Waals surface area (Å²) in [6.07, 6.45) is 8.18. The standard InChI is InChI=1S/C15H25ClN2O2/c1-19-15(20-2)6-4-14(5-7-15)18-12-10-17(11-13-18)9-3-8-16/h4-6H,3,7-13H2,1-2H3. The van der Waals surface area contributed by atoms with Crippen molar-refractivity contribution in [1.29, 1.82) is 0 Å². The van der Waals surface area contributed by atoms with Crippen LogP contribution in [0.15, 0.2) is 23.9 Å². The summed E-state index contributed by atoms with van der Waals surface area (Å²) in [5, 5.41) is 0. The highest BCUT2D eigenvalue weighted by molar-refractivity contribution is 6.17. The number of piperazine rings is 1. The molecule has 1 aliphatic heterocycles. The molecule has 0 radical (unpaired) electrons. The van der Waals surface area contributed by atoms with Crippen LogP contribution in [0.5, 0.6) is 0 Å². The van der Waals surface area contributed by atoms with Crippen molar-refractivity contribution in [3.8, 4) is 0 Å². The molecular formula is C15H25ClN2O2. The van der Waals surface area contributed by atoms with E-state index in [2.05, 4.69) is 22.0 Å². The Morgan fingerprint density at radius 3 is 2.40 bits per heavy atom. The number of halogens is 1. The normalized spacial score (nSPS) is 22.9. The number of allylic oxidation sites excluding steroid dienone is 1. The van der Waals surface area contributed by atoms with Crippen molar-refractivity contribution in [3.63, 3.8) is 0 Å². The lowest BCUT2D eigenvalue weighted by Gasteiger charge is -2.38. The SMILES string of the molecule is COC1(OC)C=CC(N2CCN(CCCCl)CC2)=CC1. The maximum absolute atomic E-state index is 5.75. The van der Waals surface area contributed by atoms with Gasteiger partial charge in [-0.25, -0.2) is 0 Å². The van der Waals surface area contributed by atoms with Gasteiger partial charge in [-0.1, -0.05) is 6.08 Å². The van der Waals surface area contributed by atoms with Crippen LogP contribution >= 0.6 is 11.6 Å². The van der Waals surface area contributed by atoms with Crippen molar-refractivity contribution in [2.45, 2.75) is 18.6 Å². The molecule has 4 nitrogen and oxygen atoms in total. The van der Waals surface area contributed by atoms with Gasteiger partial charge in [-0.3, -0.25) is 4.90 Å². The quantitative estimate of drug-likeness (QED) is 0.554. The van der Waals surface area contributed by atoms with Gasteiger partial charge in [0.05, 0.1) is 0 Å². The zero-order chi connectivity index (χ0) is 14.4. The zero-order valence-electron chi connectivity index (χ0n) is 12.5. The van der Waals surface area contributed by atoms with Crippen LogP contribution in [-0.2, 0) is 9.47 Å². The fourth-order valence-corrected chi connectivity index (χ4v) is 2.85. The summed E-state index contributed by atoms with van der Waals surface area (Å²) in [7, 11) is 3.37. The number of alkyl halides is 1. The molecule has 0 N–H and O–H groups in total. The summed E-state index contributed by atoms with van der Waals surface area (Å²) in [6.45, 7) is 5.49. The Hall–Kier alpha value is -0.550. The molecule has 0 aromatic carbocycles. The molecule has 0 bridgehead atoms. The summed E-state index contributed by atoms with van der Waals surface area (Å²) in [5.74, 6) is 0.176. The van der Waals surface area contributed by atoms with E-state index >= 15 is 0 Å². The molecule has 0 amide bonds. The molecular weight excluding hydrogens is 276 g/mol. The molecule has 1 heterocycles. The van der Waals surface area contributed by atoms with E-state index in [4.69, 9.17) is 21.1 Å². The molecule has 2 rings (SSSR count). The first-order chi connectivity index (χ1) is 9.73. The van der Waals surface area contributed by atoms with Gasteiger partial charge in [-0.2, -0.15) is 0 Å². The lowest BCUT2D eigenvalue weighted by molar-refractivity contribution is -0.168. The van der Waals surface area contributed by atoms with Crippen LogP contribution in [0.4, 0.5) is 0 Å². The second-order valence-electron chi connectivity index (χ2n) is 5.26. The van der Waals surface area contributed by atoms with E-state index in [-0.39, 0.29) is 0 Å². The van der Waals surface area contributed by atoms with E-state index in [0.717, 1.165) is 51.4 Å². The Balaban J connectivity index is 1.84. The van der Waals surface area contributed by atoms with E-state index in [1.165, 1.54) is 5.70 Å². The van der Waals surface area contributed by atoms with Gasteiger partial charge in [0.2, 0.25) is 0 Å². The molecule has 1 fully saturated rings. The third-order valence-corrected chi connectivity index (χ3v) is 4.41. The molecule has 0 spiro atoms. The van der Waals surface area contributed by atoms with Crippen LogP contribution in [0, 0.1) is 0 Å². The number of rotatable bonds is 6. The lowest BCUT2D eigenvalue weighted by atomic mass is 10.0. The summed E-state index contributed by atoms with van der Waals surface area (Å²) in [4.78, 5) is 4.92. The van der Waals surface area contributed by atoms with Crippen LogP contribution in [0.1, 0.15) is 12.8 Å². The first-order valence-corrected chi connectivity index (χ1v) is 7.79. The minimum absolute atomic E-state index is 0.578. The molecule has 0 aromatic rings. The van der Waals surface area contributed by atoms with Crippen molar-refractivity contribution in [3.05, 3.63) is 23.9 Å². The molecule has 0 unspecified atom stereocenters. The Morgan fingerprint density at radius 1 is 1.20 bits per heavy atom. The van der Waals surface area contributed by atoms with Crippen LogP contribution in [0.2, 0.25) is 0 Å². The third kappa shape index (κ3) is 3.76. The highest BCUT2D eigenvalue weighted by atomic mass is 35.5. The second kappa shape index (κ2) is 7.46. The van der Waals surface area contributed by atoms with Gasteiger partial charge in [-0.15, -0.1) is 11.6 Å². The minimum atomic E-state index is -0.578.